The van der Waals surface area contributed by atoms with Gasteiger partial charge in [-0.2, -0.15) is 0 Å². The average molecular weight is 443 g/mol. The molecule has 10 nitrogen and oxygen atoms in total. The molecule has 2 rings (SSSR count). The van der Waals surface area contributed by atoms with Crippen molar-refractivity contribution in [2.45, 2.75) is 70.3 Å². The van der Waals surface area contributed by atoms with Gasteiger partial charge < -0.3 is 25.0 Å². The normalized spacial score (nSPS) is 19.7. The molecular weight excluding hydrogens is 408 g/mol. The molecule has 0 aromatic heterocycles. The van der Waals surface area contributed by atoms with Gasteiger partial charge >= 0.3 is 5.97 Å². The molecule has 10 heteroatoms. The van der Waals surface area contributed by atoms with Crippen LogP contribution >= 0.6 is 0 Å². The van der Waals surface area contributed by atoms with Gasteiger partial charge in [-0.3, -0.25) is 20.0 Å². The van der Waals surface area contributed by atoms with Gasteiger partial charge in [0.15, 0.2) is 0 Å². The Labute approximate surface area is 182 Å². The summed E-state index contributed by atoms with van der Waals surface area (Å²) >= 11 is 0. The minimum absolute atomic E-state index is 0.0463. The summed E-state index contributed by atoms with van der Waals surface area (Å²) in [4.78, 5) is 16.6. The molecule has 1 aliphatic rings. The minimum Gasteiger partial charge on any atom is -0.489 e. The highest BCUT2D eigenvalue weighted by Crippen LogP contribution is 2.30. The highest BCUT2D eigenvalue weighted by Gasteiger charge is 2.28. The van der Waals surface area contributed by atoms with Crippen molar-refractivity contribution in [2.24, 2.45) is 0 Å². The van der Waals surface area contributed by atoms with Crippen LogP contribution in [0.3, 0.4) is 0 Å². The van der Waals surface area contributed by atoms with E-state index in [0.717, 1.165) is 11.1 Å². The first-order chi connectivity index (χ1) is 14.5. The number of carbonyl (C=O) groups is 1. The van der Waals surface area contributed by atoms with Crippen LogP contribution in [0.15, 0.2) is 18.2 Å². The fourth-order valence-electron chi connectivity index (χ4n) is 3.22. The summed E-state index contributed by atoms with van der Waals surface area (Å²) in [6, 6.07) is 5.53. The van der Waals surface area contributed by atoms with E-state index in [1.54, 1.807) is 6.07 Å². The van der Waals surface area contributed by atoms with E-state index in [1.807, 2.05) is 32.9 Å². The van der Waals surface area contributed by atoms with Gasteiger partial charge in [-0.1, -0.05) is 12.1 Å². The highest BCUT2D eigenvalue weighted by molar-refractivity contribution is 5.69. The first kappa shape index (κ1) is 25.5. The summed E-state index contributed by atoms with van der Waals surface area (Å²) in [6.07, 6.45) is -1.24. The van der Waals surface area contributed by atoms with E-state index < -0.39 is 29.7 Å². The van der Waals surface area contributed by atoms with Crippen LogP contribution in [-0.4, -0.2) is 75.6 Å². The van der Waals surface area contributed by atoms with Gasteiger partial charge in [0.2, 0.25) is 0 Å². The van der Waals surface area contributed by atoms with Crippen LogP contribution in [0, 0.1) is 0 Å². The molecule has 1 aromatic rings. The van der Waals surface area contributed by atoms with E-state index in [2.05, 4.69) is 10.2 Å². The van der Waals surface area contributed by atoms with Crippen molar-refractivity contribution in [2.75, 3.05) is 19.8 Å². The smallest absolute Gasteiger partial charge is 0.306 e. The van der Waals surface area contributed by atoms with Gasteiger partial charge in [0, 0.05) is 36.9 Å². The number of esters is 1. The Morgan fingerprint density at radius 1 is 1.23 bits per heavy atom. The third-order valence-corrected chi connectivity index (χ3v) is 4.83. The molecule has 0 aliphatic heterocycles. The zero-order chi connectivity index (χ0) is 23.0. The summed E-state index contributed by atoms with van der Waals surface area (Å²) in [6.45, 7) is 6.44. The summed E-state index contributed by atoms with van der Waals surface area (Å²) in [5.74, 6) is 0.142. The van der Waals surface area contributed by atoms with Gasteiger partial charge in [0.1, 0.15) is 18.5 Å². The molecule has 176 valence electrons. The predicted octanol–water partition coefficient (Wildman–Crippen LogP) is 0.978. The third-order valence-electron chi connectivity index (χ3n) is 4.83. The monoisotopic (exact) mass is 442 g/mol. The standard InChI is InChI=1S/C21H34N2O8/c1-21(2,3)22-12-15(31-20(26)8-5-9-30-23(27)28)13-29-19-7-4-6-14-10-17(24)18(25)11-16(14)19/h4,6-7,15,17-18,22,24-25,27-28H,5,8-13H2,1-3H3/t15?,17-,18+/m0/s1. The van der Waals surface area contributed by atoms with Crippen LogP contribution in [0.4, 0.5) is 0 Å². The minimum atomic E-state index is -0.843. The zero-order valence-electron chi connectivity index (χ0n) is 18.3. The Kier molecular flexibility index (Phi) is 9.63. The molecule has 0 saturated carbocycles. The molecule has 1 aliphatic carbocycles. The zero-order valence-corrected chi connectivity index (χ0v) is 18.3. The second-order valence-electron chi connectivity index (χ2n) is 8.68. The van der Waals surface area contributed by atoms with Crippen molar-refractivity contribution in [3.05, 3.63) is 29.3 Å². The Balaban J connectivity index is 1.97. The molecule has 3 atom stereocenters. The molecule has 0 fully saturated rings. The highest BCUT2D eigenvalue weighted by atomic mass is 17.1. The van der Waals surface area contributed by atoms with Crippen LogP contribution in [-0.2, 0) is 27.2 Å². The summed E-state index contributed by atoms with van der Waals surface area (Å²) < 4.78 is 11.5. The number of aliphatic hydroxyl groups excluding tert-OH is 2. The summed E-state index contributed by atoms with van der Waals surface area (Å²) in [5, 5.41) is 39.8. The maximum Gasteiger partial charge on any atom is 0.306 e. The first-order valence-electron chi connectivity index (χ1n) is 10.4. The molecule has 0 bridgehead atoms. The Bertz CT molecular complexity index is 707. The number of ether oxygens (including phenoxy) is 2. The number of carbonyl (C=O) groups excluding carboxylic acids is 1. The van der Waals surface area contributed by atoms with Gasteiger partial charge in [0.25, 0.3) is 0 Å². The van der Waals surface area contributed by atoms with Crippen LogP contribution < -0.4 is 10.1 Å². The number of nitrogens with one attached hydrogen (secondary N) is 1. The van der Waals surface area contributed by atoms with E-state index in [1.165, 1.54) is 0 Å². The average Bonchev–Trinajstić information content (AvgIpc) is 2.67. The summed E-state index contributed by atoms with van der Waals surface area (Å²) in [7, 11) is 0. The lowest BCUT2D eigenvalue weighted by molar-refractivity contribution is -0.492. The van der Waals surface area contributed by atoms with Crippen molar-refractivity contribution < 1.29 is 39.7 Å². The fraction of sp³-hybridized carbons (Fsp3) is 0.667. The topological polar surface area (TPSA) is 141 Å². The lowest BCUT2D eigenvalue weighted by Gasteiger charge is -2.29. The second-order valence-corrected chi connectivity index (χ2v) is 8.68. The second kappa shape index (κ2) is 11.7. The van der Waals surface area contributed by atoms with Gasteiger partial charge in [-0.25, -0.2) is 0 Å². The van der Waals surface area contributed by atoms with Crippen molar-refractivity contribution in [3.63, 3.8) is 0 Å². The SMILES string of the molecule is CC(C)(C)NCC(COc1cccc2c1C[C@@H](O)[C@@H](O)C2)OC(=O)CCCON(O)O. The van der Waals surface area contributed by atoms with Crippen LogP contribution in [0.1, 0.15) is 44.7 Å². The molecule has 31 heavy (non-hydrogen) atoms. The van der Waals surface area contributed by atoms with Gasteiger partial charge in [-0.05, 0) is 38.8 Å². The Morgan fingerprint density at radius 3 is 2.61 bits per heavy atom. The van der Waals surface area contributed by atoms with E-state index in [0.29, 0.717) is 25.1 Å². The maximum absolute atomic E-state index is 12.2. The molecule has 1 unspecified atom stereocenters. The molecular formula is C21H34N2O8. The van der Waals surface area contributed by atoms with E-state index in [9.17, 15) is 15.0 Å². The molecule has 0 saturated heterocycles. The van der Waals surface area contributed by atoms with Crippen molar-refractivity contribution in [3.8, 4) is 5.75 Å². The Morgan fingerprint density at radius 2 is 1.94 bits per heavy atom. The van der Waals surface area contributed by atoms with Crippen molar-refractivity contribution >= 4 is 5.97 Å². The number of hydrogen-bond donors (Lipinski definition) is 5. The molecule has 1 aromatic carbocycles. The molecule has 0 amide bonds. The van der Waals surface area contributed by atoms with Crippen molar-refractivity contribution in [1.29, 1.82) is 0 Å². The number of benzene rings is 1. The fourth-order valence-corrected chi connectivity index (χ4v) is 3.22. The Hall–Kier alpha value is -1.79. The van der Waals surface area contributed by atoms with Crippen LogP contribution in [0.2, 0.25) is 0 Å². The molecule has 0 radical (unpaired) electrons. The van der Waals surface area contributed by atoms with E-state index in [-0.39, 0.29) is 31.6 Å². The molecule has 5 N–H and O–H groups in total. The van der Waals surface area contributed by atoms with Crippen molar-refractivity contribution in [1.82, 2.24) is 10.7 Å². The van der Waals surface area contributed by atoms with Crippen LogP contribution in [0.25, 0.3) is 0 Å². The van der Waals surface area contributed by atoms with E-state index >= 15 is 0 Å². The van der Waals surface area contributed by atoms with Gasteiger partial charge in [0.05, 0.1) is 24.2 Å². The number of nitrogens with zero attached hydrogens (tertiary/aromatic N) is 1. The molecule has 0 spiro atoms. The number of hydrogen-bond acceptors (Lipinski definition) is 10. The lowest BCUT2D eigenvalue weighted by Crippen LogP contribution is -2.44. The lowest BCUT2D eigenvalue weighted by atomic mass is 9.87. The predicted molar refractivity (Wildman–Crippen MR) is 110 cm³/mol. The number of rotatable bonds is 11. The van der Waals surface area contributed by atoms with Crippen LogP contribution in [0.5, 0.6) is 5.75 Å². The number of fused-ring (bicyclic) bond motifs is 1. The quantitative estimate of drug-likeness (QED) is 0.191. The molecule has 0 heterocycles. The largest absolute Gasteiger partial charge is 0.489 e. The van der Waals surface area contributed by atoms with E-state index in [4.69, 9.17) is 19.9 Å². The maximum atomic E-state index is 12.2. The third kappa shape index (κ3) is 9.08. The summed E-state index contributed by atoms with van der Waals surface area (Å²) in [5.41, 5.74) is 1.60. The number of aliphatic hydroxyl groups is 2. The van der Waals surface area contributed by atoms with Gasteiger partial charge in [-0.15, -0.1) is 0 Å². The first-order valence-corrected chi connectivity index (χ1v) is 10.4.